The summed E-state index contributed by atoms with van der Waals surface area (Å²) in [5.74, 6) is 0. The fourth-order valence-corrected chi connectivity index (χ4v) is 2.19. The summed E-state index contributed by atoms with van der Waals surface area (Å²) in [6.45, 7) is 2.11. The van der Waals surface area contributed by atoms with Gasteiger partial charge in [-0.3, -0.25) is 0 Å². The van der Waals surface area contributed by atoms with E-state index in [0.717, 1.165) is 12.8 Å². The summed E-state index contributed by atoms with van der Waals surface area (Å²) in [7, 11) is 1.39. The monoisotopic (exact) mass is 205 g/mol. The summed E-state index contributed by atoms with van der Waals surface area (Å²) in [6, 6.07) is 6.34. The number of carbonyl (C=O) groups is 1. The number of benzene rings is 1. The molecule has 3 nitrogen and oxygen atoms in total. The van der Waals surface area contributed by atoms with Gasteiger partial charge >= 0.3 is 6.09 Å². The van der Waals surface area contributed by atoms with E-state index >= 15 is 0 Å². The highest BCUT2D eigenvalue weighted by Gasteiger charge is 2.24. The van der Waals surface area contributed by atoms with Crippen LogP contribution < -0.4 is 5.32 Å². The van der Waals surface area contributed by atoms with Gasteiger partial charge in [0.1, 0.15) is 0 Å². The average Bonchev–Trinajstić information content (AvgIpc) is 2.63. The van der Waals surface area contributed by atoms with Gasteiger partial charge in [0.15, 0.2) is 0 Å². The van der Waals surface area contributed by atoms with Crippen LogP contribution >= 0.6 is 0 Å². The molecule has 0 aromatic heterocycles. The van der Waals surface area contributed by atoms with Crippen LogP contribution in [0.5, 0.6) is 0 Å². The maximum absolute atomic E-state index is 11.1. The fourth-order valence-electron chi connectivity index (χ4n) is 2.19. The minimum atomic E-state index is -0.352. The van der Waals surface area contributed by atoms with Crippen LogP contribution in [0.4, 0.5) is 4.79 Å². The van der Waals surface area contributed by atoms with E-state index in [-0.39, 0.29) is 12.1 Å². The fraction of sp³-hybridized carbons (Fsp3) is 0.417. The first kappa shape index (κ1) is 10.0. The van der Waals surface area contributed by atoms with Crippen LogP contribution in [0.2, 0.25) is 0 Å². The van der Waals surface area contributed by atoms with Crippen LogP contribution in [0.3, 0.4) is 0 Å². The van der Waals surface area contributed by atoms with Gasteiger partial charge in [-0.1, -0.05) is 18.2 Å². The van der Waals surface area contributed by atoms with E-state index in [9.17, 15) is 4.79 Å². The molecule has 3 heteroatoms. The van der Waals surface area contributed by atoms with Gasteiger partial charge in [-0.25, -0.2) is 4.79 Å². The van der Waals surface area contributed by atoms with Gasteiger partial charge < -0.3 is 10.1 Å². The lowest BCUT2D eigenvalue weighted by Crippen LogP contribution is -2.26. The number of aryl methyl sites for hydroxylation is 1. The average molecular weight is 205 g/mol. The van der Waals surface area contributed by atoms with E-state index in [1.54, 1.807) is 0 Å². The maximum atomic E-state index is 11.1. The first-order chi connectivity index (χ1) is 7.22. The molecule has 1 aromatic carbocycles. The topological polar surface area (TPSA) is 38.3 Å². The van der Waals surface area contributed by atoms with Crippen molar-refractivity contribution in [2.24, 2.45) is 0 Å². The zero-order chi connectivity index (χ0) is 10.8. The number of alkyl carbamates (subject to hydrolysis) is 1. The molecule has 0 aliphatic heterocycles. The van der Waals surface area contributed by atoms with Crippen molar-refractivity contribution in [1.29, 1.82) is 0 Å². The van der Waals surface area contributed by atoms with Crippen LogP contribution in [-0.2, 0) is 11.2 Å². The van der Waals surface area contributed by atoms with Crippen molar-refractivity contribution < 1.29 is 9.53 Å². The van der Waals surface area contributed by atoms with Crippen molar-refractivity contribution in [3.8, 4) is 0 Å². The highest BCUT2D eigenvalue weighted by molar-refractivity contribution is 5.68. The number of methoxy groups -OCH3 is 1. The van der Waals surface area contributed by atoms with Crippen LogP contribution in [0.1, 0.15) is 29.2 Å². The van der Waals surface area contributed by atoms with Crippen LogP contribution in [0.25, 0.3) is 0 Å². The van der Waals surface area contributed by atoms with Crippen molar-refractivity contribution >= 4 is 6.09 Å². The standard InChI is InChI=1S/C12H15NO2/c1-8-4-3-5-10-9(8)6-7-11(10)13-12(14)15-2/h3-5,11H,6-7H2,1-2H3,(H,13,14). The van der Waals surface area contributed by atoms with E-state index < -0.39 is 0 Å². The Bertz CT molecular complexity index is 387. The van der Waals surface area contributed by atoms with E-state index in [4.69, 9.17) is 0 Å². The first-order valence-electron chi connectivity index (χ1n) is 5.15. The zero-order valence-electron chi connectivity index (χ0n) is 9.04. The summed E-state index contributed by atoms with van der Waals surface area (Å²) < 4.78 is 4.61. The molecule has 0 saturated heterocycles. The zero-order valence-corrected chi connectivity index (χ0v) is 9.04. The molecule has 1 aliphatic carbocycles. The lowest BCUT2D eigenvalue weighted by Gasteiger charge is -2.13. The smallest absolute Gasteiger partial charge is 0.407 e. The Morgan fingerprint density at radius 3 is 3.07 bits per heavy atom. The molecule has 1 atom stereocenters. The van der Waals surface area contributed by atoms with Crippen LogP contribution in [-0.4, -0.2) is 13.2 Å². The number of hydrogen-bond donors (Lipinski definition) is 1. The normalized spacial score (nSPS) is 18.4. The maximum Gasteiger partial charge on any atom is 0.407 e. The van der Waals surface area contributed by atoms with E-state index in [0.29, 0.717) is 0 Å². The van der Waals surface area contributed by atoms with Gasteiger partial charge in [0.2, 0.25) is 0 Å². The minimum Gasteiger partial charge on any atom is -0.453 e. The lowest BCUT2D eigenvalue weighted by atomic mass is 10.0. The summed E-state index contributed by atoms with van der Waals surface area (Å²) in [4.78, 5) is 11.1. The molecule has 1 unspecified atom stereocenters. The molecule has 0 radical (unpaired) electrons. The minimum absolute atomic E-state index is 0.118. The third-order valence-corrected chi connectivity index (χ3v) is 2.98. The third kappa shape index (κ3) is 1.82. The van der Waals surface area contributed by atoms with Gasteiger partial charge in [-0.15, -0.1) is 0 Å². The van der Waals surface area contributed by atoms with Crippen molar-refractivity contribution in [1.82, 2.24) is 5.32 Å². The van der Waals surface area contributed by atoms with Crippen LogP contribution in [0, 0.1) is 6.92 Å². The lowest BCUT2D eigenvalue weighted by molar-refractivity contribution is 0.166. The Hall–Kier alpha value is -1.51. The van der Waals surface area contributed by atoms with Crippen molar-refractivity contribution in [3.05, 3.63) is 34.9 Å². The second-order valence-electron chi connectivity index (χ2n) is 3.87. The largest absolute Gasteiger partial charge is 0.453 e. The molecule has 0 bridgehead atoms. The van der Waals surface area contributed by atoms with Gasteiger partial charge in [0.05, 0.1) is 13.2 Å². The molecule has 0 heterocycles. The third-order valence-electron chi connectivity index (χ3n) is 2.98. The van der Waals surface area contributed by atoms with E-state index in [1.165, 1.54) is 23.8 Å². The highest BCUT2D eigenvalue weighted by Crippen LogP contribution is 2.32. The Labute approximate surface area is 89.4 Å². The molecule has 2 rings (SSSR count). The number of carbonyl (C=O) groups excluding carboxylic acids is 1. The van der Waals surface area contributed by atoms with Gasteiger partial charge in [0, 0.05) is 0 Å². The number of nitrogens with one attached hydrogen (secondary N) is 1. The van der Waals surface area contributed by atoms with Gasteiger partial charge in [-0.05, 0) is 36.5 Å². The van der Waals surface area contributed by atoms with E-state index in [2.05, 4.69) is 29.1 Å². The summed E-state index contributed by atoms with van der Waals surface area (Å²) in [5, 5.41) is 2.85. The molecule has 15 heavy (non-hydrogen) atoms. The molecule has 80 valence electrons. The molecular formula is C12H15NO2. The second-order valence-corrected chi connectivity index (χ2v) is 3.87. The summed E-state index contributed by atoms with van der Waals surface area (Å²) in [5.41, 5.74) is 3.92. The van der Waals surface area contributed by atoms with Gasteiger partial charge in [0.25, 0.3) is 0 Å². The molecule has 1 amide bonds. The second kappa shape index (κ2) is 3.93. The number of ether oxygens (including phenoxy) is 1. The van der Waals surface area contributed by atoms with Crippen molar-refractivity contribution in [2.45, 2.75) is 25.8 Å². The predicted octanol–water partition coefficient (Wildman–Crippen LogP) is 2.34. The number of fused-ring (bicyclic) bond motifs is 1. The summed E-state index contributed by atoms with van der Waals surface area (Å²) >= 11 is 0. The first-order valence-corrected chi connectivity index (χ1v) is 5.15. The Morgan fingerprint density at radius 2 is 2.33 bits per heavy atom. The molecule has 0 saturated carbocycles. The molecular weight excluding hydrogens is 190 g/mol. The predicted molar refractivity (Wildman–Crippen MR) is 57.8 cm³/mol. The Balaban J connectivity index is 2.21. The highest BCUT2D eigenvalue weighted by atomic mass is 16.5. The Morgan fingerprint density at radius 1 is 1.53 bits per heavy atom. The summed E-state index contributed by atoms with van der Waals surface area (Å²) in [6.07, 6.45) is 1.65. The van der Waals surface area contributed by atoms with Crippen molar-refractivity contribution in [2.75, 3.05) is 7.11 Å². The molecule has 0 spiro atoms. The SMILES string of the molecule is COC(=O)NC1CCc2c(C)cccc21. The number of rotatable bonds is 1. The quantitative estimate of drug-likeness (QED) is 0.764. The van der Waals surface area contributed by atoms with Crippen LogP contribution in [0.15, 0.2) is 18.2 Å². The number of amides is 1. The Kier molecular flexibility index (Phi) is 2.62. The number of hydrogen-bond acceptors (Lipinski definition) is 2. The van der Waals surface area contributed by atoms with Gasteiger partial charge in [-0.2, -0.15) is 0 Å². The molecule has 1 aromatic rings. The molecule has 1 N–H and O–H groups in total. The molecule has 1 aliphatic rings. The van der Waals surface area contributed by atoms with Crippen molar-refractivity contribution in [3.63, 3.8) is 0 Å². The molecule has 0 fully saturated rings. The van der Waals surface area contributed by atoms with E-state index in [1.807, 2.05) is 6.07 Å².